The highest BCUT2D eigenvalue weighted by molar-refractivity contribution is 7.09. The summed E-state index contributed by atoms with van der Waals surface area (Å²) >= 11 is 1.59. The first-order valence-corrected chi connectivity index (χ1v) is 6.11. The van der Waals surface area contributed by atoms with Gasteiger partial charge in [-0.25, -0.2) is 0 Å². The van der Waals surface area contributed by atoms with Crippen LogP contribution in [0, 0.1) is 0 Å². The third kappa shape index (κ3) is 4.54. The standard InChI is InChI=1S/C11H16N2O3S/c1-8(11(15)16)12-6-10(14)13(2)7-9-4-3-5-17-9/h3-5,8,12H,6-7H2,1-2H3,(H,15,16)/t8-/m0/s1. The van der Waals surface area contributed by atoms with Crippen molar-refractivity contribution in [2.45, 2.75) is 19.5 Å². The van der Waals surface area contributed by atoms with E-state index in [1.165, 1.54) is 6.92 Å². The molecular formula is C11H16N2O3S. The number of carbonyl (C=O) groups excluding carboxylic acids is 1. The number of rotatable bonds is 6. The molecule has 0 fully saturated rings. The van der Waals surface area contributed by atoms with Crippen LogP contribution in [0.3, 0.4) is 0 Å². The molecule has 5 nitrogen and oxygen atoms in total. The van der Waals surface area contributed by atoms with E-state index in [4.69, 9.17) is 5.11 Å². The molecule has 1 aromatic heterocycles. The summed E-state index contributed by atoms with van der Waals surface area (Å²) in [7, 11) is 1.70. The normalized spacial score (nSPS) is 12.1. The van der Waals surface area contributed by atoms with Gasteiger partial charge < -0.3 is 10.0 Å². The predicted octanol–water partition coefficient (Wildman–Crippen LogP) is 0.769. The van der Waals surface area contributed by atoms with Crippen LogP contribution < -0.4 is 5.32 Å². The summed E-state index contributed by atoms with van der Waals surface area (Å²) in [5.41, 5.74) is 0. The predicted molar refractivity (Wildman–Crippen MR) is 65.9 cm³/mol. The molecule has 0 aromatic carbocycles. The quantitative estimate of drug-likeness (QED) is 0.788. The van der Waals surface area contributed by atoms with Crippen LogP contribution in [-0.2, 0) is 16.1 Å². The second kappa shape index (κ2) is 6.36. The Hall–Kier alpha value is -1.40. The van der Waals surface area contributed by atoms with Crippen LogP contribution in [0.15, 0.2) is 17.5 Å². The average molecular weight is 256 g/mol. The van der Waals surface area contributed by atoms with Gasteiger partial charge in [0.1, 0.15) is 6.04 Å². The molecule has 0 saturated heterocycles. The molecule has 0 aliphatic carbocycles. The van der Waals surface area contributed by atoms with E-state index in [0.717, 1.165) is 4.88 Å². The van der Waals surface area contributed by atoms with Crippen LogP contribution >= 0.6 is 11.3 Å². The second-order valence-electron chi connectivity index (χ2n) is 3.77. The molecule has 0 aliphatic heterocycles. The van der Waals surface area contributed by atoms with Crippen molar-refractivity contribution in [3.05, 3.63) is 22.4 Å². The molecule has 0 aliphatic rings. The number of hydrogen-bond donors (Lipinski definition) is 2. The van der Waals surface area contributed by atoms with E-state index in [2.05, 4.69) is 5.32 Å². The third-order valence-electron chi connectivity index (χ3n) is 2.33. The number of nitrogens with zero attached hydrogens (tertiary/aromatic N) is 1. The Morgan fingerprint density at radius 2 is 2.29 bits per heavy atom. The van der Waals surface area contributed by atoms with E-state index >= 15 is 0 Å². The fraction of sp³-hybridized carbons (Fsp3) is 0.455. The first-order valence-electron chi connectivity index (χ1n) is 5.23. The van der Waals surface area contributed by atoms with Crippen LogP contribution in [0.4, 0.5) is 0 Å². The zero-order valence-electron chi connectivity index (χ0n) is 9.84. The number of carbonyl (C=O) groups is 2. The number of carboxylic acid groups (broad SMARTS) is 1. The fourth-order valence-corrected chi connectivity index (χ4v) is 1.94. The number of carboxylic acids is 1. The molecule has 17 heavy (non-hydrogen) atoms. The number of aliphatic carboxylic acids is 1. The second-order valence-corrected chi connectivity index (χ2v) is 4.80. The Balaban J connectivity index is 2.34. The summed E-state index contributed by atoms with van der Waals surface area (Å²) in [6.07, 6.45) is 0. The van der Waals surface area contributed by atoms with Crippen molar-refractivity contribution in [2.75, 3.05) is 13.6 Å². The van der Waals surface area contributed by atoms with E-state index in [1.807, 2.05) is 17.5 Å². The summed E-state index contributed by atoms with van der Waals surface area (Å²) in [5, 5.41) is 13.3. The highest BCUT2D eigenvalue weighted by Crippen LogP contribution is 2.10. The number of nitrogens with one attached hydrogen (secondary N) is 1. The highest BCUT2D eigenvalue weighted by atomic mass is 32.1. The smallest absolute Gasteiger partial charge is 0.320 e. The maximum Gasteiger partial charge on any atom is 0.320 e. The summed E-state index contributed by atoms with van der Waals surface area (Å²) in [6.45, 7) is 2.10. The van der Waals surface area contributed by atoms with Crippen LogP contribution in [0.2, 0.25) is 0 Å². The molecular weight excluding hydrogens is 240 g/mol. The Labute approximate surface area is 104 Å². The van der Waals surface area contributed by atoms with Gasteiger partial charge in [-0.1, -0.05) is 6.07 Å². The first-order chi connectivity index (χ1) is 8.00. The van der Waals surface area contributed by atoms with Crippen molar-refractivity contribution in [3.63, 3.8) is 0 Å². The number of likely N-dealkylation sites (N-methyl/N-ethyl adjacent to an activating group) is 1. The molecule has 2 N–H and O–H groups in total. The van der Waals surface area contributed by atoms with Crippen LogP contribution in [0.5, 0.6) is 0 Å². The SMILES string of the molecule is C[C@H](NCC(=O)N(C)Cc1cccs1)C(=O)O. The lowest BCUT2D eigenvalue weighted by Gasteiger charge is -2.17. The minimum absolute atomic E-state index is 0.0370. The largest absolute Gasteiger partial charge is 0.480 e. The monoisotopic (exact) mass is 256 g/mol. The van der Waals surface area contributed by atoms with Gasteiger partial charge in [0.2, 0.25) is 5.91 Å². The molecule has 94 valence electrons. The molecule has 1 heterocycles. The summed E-state index contributed by atoms with van der Waals surface area (Å²) in [4.78, 5) is 24.9. The van der Waals surface area contributed by atoms with Gasteiger partial charge in [0.05, 0.1) is 13.1 Å². The van der Waals surface area contributed by atoms with Crippen molar-refractivity contribution < 1.29 is 14.7 Å². The molecule has 1 atom stereocenters. The molecule has 1 aromatic rings. The van der Waals surface area contributed by atoms with Gasteiger partial charge in [-0.15, -0.1) is 11.3 Å². The van der Waals surface area contributed by atoms with Gasteiger partial charge in [-0.2, -0.15) is 0 Å². The summed E-state index contributed by atoms with van der Waals surface area (Å²) < 4.78 is 0. The number of hydrogen-bond acceptors (Lipinski definition) is 4. The van der Waals surface area contributed by atoms with E-state index in [9.17, 15) is 9.59 Å². The van der Waals surface area contributed by atoms with Crippen molar-refractivity contribution in [3.8, 4) is 0 Å². The van der Waals surface area contributed by atoms with Gasteiger partial charge in [0.15, 0.2) is 0 Å². The Morgan fingerprint density at radius 1 is 1.59 bits per heavy atom. The van der Waals surface area contributed by atoms with Crippen molar-refractivity contribution >= 4 is 23.2 Å². The number of thiophene rings is 1. The maximum atomic E-state index is 11.7. The molecule has 1 amide bonds. The molecule has 0 radical (unpaired) electrons. The lowest BCUT2D eigenvalue weighted by Crippen LogP contribution is -2.41. The van der Waals surface area contributed by atoms with E-state index in [-0.39, 0.29) is 12.5 Å². The summed E-state index contributed by atoms with van der Waals surface area (Å²) in [5.74, 6) is -1.08. The van der Waals surface area contributed by atoms with E-state index in [1.54, 1.807) is 23.3 Å². The van der Waals surface area contributed by atoms with Gasteiger partial charge in [-0.05, 0) is 18.4 Å². The third-order valence-corrected chi connectivity index (χ3v) is 3.19. The summed E-state index contributed by atoms with van der Waals surface area (Å²) in [6, 6.07) is 3.18. The zero-order valence-corrected chi connectivity index (χ0v) is 10.7. The van der Waals surface area contributed by atoms with Crippen LogP contribution in [-0.4, -0.2) is 41.5 Å². The van der Waals surface area contributed by atoms with Gasteiger partial charge in [0.25, 0.3) is 0 Å². The van der Waals surface area contributed by atoms with Crippen molar-refractivity contribution in [2.24, 2.45) is 0 Å². The molecule has 0 unspecified atom stereocenters. The van der Waals surface area contributed by atoms with Gasteiger partial charge in [0, 0.05) is 11.9 Å². The first kappa shape index (κ1) is 13.7. The lowest BCUT2D eigenvalue weighted by molar-refractivity contribution is -0.139. The molecule has 0 saturated carbocycles. The number of amides is 1. The fourth-order valence-electron chi connectivity index (χ4n) is 1.19. The molecule has 0 spiro atoms. The highest BCUT2D eigenvalue weighted by Gasteiger charge is 2.14. The van der Waals surface area contributed by atoms with Crippen LogP contribution in [0.25, 0.3) is 0 Å². The van der Waals surface area contributed by atoms with Crippen LogP contribution in [0.1, 0.15) is 11.8 Å². The average Bonchev–Trinajstić information content (AvgIpc) is 2.77. The van der Waals surface area contributed by atoms with Crippen molar-refractivity contribution in [1.82, 2.24) is 10.2 Å². The lowest BCUT2D eigenvalue weighted by atomic mass is 10.3. The maximum absolute atomic E-state index is 11.7. The molecule has 0 bridgehead atoms. The van der Waals surface area contributed by atoms with E-state index in [0.29, 0.717) is 6.54 Å². The Bertz CT molecular complexity index is 378. The Kier molecular flexibility index (Phi) is 5.11. The van der Waals surface area contributed by atoms with E-state index < -0.39 is 12.0 Å². The topological polar surface area (TPSA) is 69.6 Å². The minimum Gasteiger partial charge on any atom is -0.480 e. The minimum atomic E-state index is -0.960. The van der Waals surface area contributed by atoms with Gasteiger partial charge >= 0.3 is 5.97 Å². The molecule has 6 heteroatoms. The van der Waals surface area contributed by atoms with Gasteiger partial charge in [-0.3, -0.25) is 14.9 Å². The molecule has 1 rings (SSSR count). The Morgan fingerprint density at radius 3 is 2.82 bits per heavy atom. The zero-order chi connectivity index (χ0) is 12.8. The van der Waals surface area contributed by atoms with Crippen molar-refractivity contribution in [1.29, 1.82) is 0 Å².